The molecule has 3 heterocycles. The second-order valence-electron chi connectivity index (χ2n) is 5.74. The topological polar surface area (TPSA) is 83.6 Å². The summed E-state index contributed by atoms with van der Waals surface area (Å²) in [6.45, 7) is 1.33. The molecule has 7 heteroatoms. The first-order valence-corrected chi connectivity index (χ1v) is 8.50. The normalized spacial score (nSPS) is 18.1. The van der Waals surface area contributed by atoms with E-state index < -0.39 is 5.97 Å². The molecule has 1 aliphatic heterocycles. The molecule has 1 aliphatic rings. The van der Waals surface area contributed by atoms with Crippen LogP contribution in [0.3, 0.4) is 0 Å². The molecule has 0 radical (unpaired) electrons. The largest absolute Gasteiger partial charge is 0.481 e. The highest BCUT2D eigenvalue weighted by molar-refractivity contribution is 7.13. The van der Waals surface area contributed by atoms with Gasteiger partial charge in [-0.15, -0.1) is 11.3 Å². The maximum absolute atomic E-state index is 12.6. The minimum atomic E-state index is -0.780. The molecular weight excluding hydrogens is 316 g/mol. The van der Waals surface area contributed by atoms with Gasteiger partial charge in [-0.3, -0.25) is 9.59 Å². The van der Waals surface area contributed by atoms with Crippen molar-refractivity contribution in [3.63, 3.8) is 0 Å². The van der Waals surface area contributed by atoms with Gasteiger partial charge in [0.25, 0.3) is 5.91 Å². The molecule has 1 saturated heterocycles. The second-order valence-corrected chi connectivity index (χ2v) is 6.60. The Labute approximate surface area is 137 Å². The third-order valence-corrected chi connectivity index (χ3v) is 4.96. The first-order valence-electron chi connectivity index (χ1n) is 7.62. The number of carboxylic acids is 1. The number of amides is 1. The molecule has 6 nitrogen and oxygen atoms in total. The fourth-order valence-corrected chi connectivity index (χ4v) is 3.65. The molecule has 1 atom stereocenters. The van der Waals surface area contributed by atoms with Crippen LogP contribution in [0.25, 0.3) is 10.6 Å². The number of likely N-dealkylation sites (tertiary alicyclic amines) is 1. The Balaban J connectivity index is 1.64. The van der Waals surface area contributed by atoms with Crippen LogP contribution in [0.5, 0.6) is 0 Å². The molecule has 2 aromatic heterocycles. The lowest BCUT2D eigenvalue weighted by Crippen LogP contribution is -2.40. The van der Waals surface area contributed by atoms with Gasteiger partial charge in [0.1, 0.15) is 17.0 Å². The van der Waals surface area contributed by atoms with E-state index in [1.807, 2.05) is 6.07 Å². The molecular formula is C16H18N2O4S. The first kappa shape index (κ1) is 15.7. The van der Waals surface area contributed by atoms with Gasteiger partial charge in [-0.05, 0) is 31.2 Å². The van der Waals surface area contributed by atoms with Crippen LogP contribution < -0.4 is 0 Å². The molecule has 0 aliphatic carbocycles. The highest BCUT2D eigenvalue weighted by Crippen LogP contribution is 2.26. The molecule has 122 valence electrons. The van der Waals surface area contributed by atoms with Crippen molar-refractivity contribution in [1.29, 1.82) is 0 Å². The Hall–Kier alpha value is -2.15. The van der Waals surface area contributed by atoms with Crippen molar-refractivity contribution in [1.82, 2.24) is 9.88 Å². The van der Waals surface area contributed by atoms with Gasteiger partial charge in [-0.1, -0.05) is 0 Å². The number of carbonyl (C=O) groups is 2. The van der Waals surface area contributed by atoms with Gasteiger partial charge >= 0.3 is 5.97 Å². The fraction of sp³-hybridized carbons (Fsp3) is 0.438. The van der Waals surface area contributed by atoms with E-state index in [2.05, 4.69) is 4.98 Å². The van der Waals surface area contributed by atoms with Crippen molar-refractivity contribution >= 4 is 23.2 Å². The predicted octanol–water partition coefficient (Wildman–Crippen LogP) is 3.12. The summed E-state index contributed by atoms with van der Waals surface area (Å²) in [5, 5.41) is 11.3. The molecule has 3 rings (SSSR count). The summed E-state index contributed by atoms with van der Waals surface area (Å²) < 4.78 is 5.04. The molecule has 0 saturated carbocycles. The maximum Gasteiger partial charge on any atom is 0.303 e. The first-order chi connectivity index (χ1) is 11.1. The monoisotopic (exact) mass is 334 g/mol. The van der Waals surface area contributed by atoms with Gasteiger partial charge in [0.05, 0.1) is 6.26 Å². The van der Waals surface area contributed by atoms with Crippen LogP contribution in [0.2, 0.25) is 0 Å². The summed E-state index contributed by atoms with van der Waals surface area (Å²) >= 11 is 1.42. The number of nitrogens with zero attached hydrogens (tertiary/aromatic N) is 2. The summed E-state index contributed by atoms with van der Waals surface area (Å²) in [6, 6.07) is 1.82. The van der Waals surface area contributed by atoms with Crippen molar-refractivity contribution in [3.8, 4) is 10.6 Å². The van der Waals surface area contributed by atoms with Crippen molar-refractivity contribution in [3.05, 3.63) is 29.7 Å². The second kappa shape index (κ2) is 6.95. The lowest BCUT2D eigenvalue weighted by molar-refractivity contribution is -0.137. The lowest BCUT2D eigenvalue weighted by Gasteiger charge is -2.32. The highest BCUT2D eigenvalue weighted by atomic mass is 32.1. The van der Waals surface area contributed by atoms with Crippen LogP contribution in [-0.2, 0) is 4.79 Å². The van der Waals surface area contributed by atoms with Crippen LogP contribution in [0.1, 0.15) is 36.2 Å². The molecule has 1 fully saturated rings. The molecule has 0 unspecified atom stereocenters. The standard InChI is InChI=1S/C16H18N2O4S/c19-14(20)4-3-11-2-1-6-18(8-11)16(21)13-10-23-15(17-13)12-5-7-22-9-12/h5,7,9-11H,1-4,6,8H2,(H,19,20)/t11-/m0/s1. The van der Waals surface area contributed by atoms with Crippen molar-refractivity contribution < 1.29 is 19.1 Å². The van der Waals surface area contributed by atoms with Gasteiger partial charge in [-0.2, -0.15) is 0 Å². The molecule has 0 aromatic carbocycles. The summed E-state index contributed by atoms with van der Waals surface area (Å²) in [7, 11) is 0. The average molecular weight is 334 g/mol. The maximum atomic E-state index is 12.6. The zero-order chi connectivity index (χ0) is 16.2. The van der Waals surface area contributed by atoms with Crippen LogP contribution in [0.15, 0.2) is 28.4 Å². The van der Waals surface area contributed by atoms with E-state index in [9.17, 15) is 9.59 Å². The Morgan fingerprint density at radius 1 is 1.48 bits per heavy atom. The number of aliphatic carboxylic acids is 1. The van der Waals surface area contributed by atoms with Crippen LogP contribution in [0.4, 0.5) is 0 Å². The SMILES string of the molecule is O=C(O)CC[C@@H]1CCCN(C(=O)c2csc(-c3ccoc3)n2)C1. The highest BCUT2D eigenvalue weighted by Gasteiger charge is 2.26. The van der Waals surface area contributed by atoms with Gasteiger partial charge in [-0.25, -0.2) is 4.98 Å². The number of aromatic nitrogens is 1. The zero-order valence-electron chi connectivity index (χ0n) is 12.6. The summed E-state index contributed by atoms with van der Waals surface area (Å²) in [5.41, 5.74) is 1.32. The number of hydrogen-bond donors (Lipinski definition) is 1. The summed E-state index contributed by atoms with van der Waals surface area (Å²) in [4.78, 5) is 29.5. The van der Waals surface area contributed by atoms with Crippen LogP contribution >= 0.6 is 11.3 Å². The third-order valence-electron chi connectivity index (χ3n) is 4.06. The number of carbonyl (C=O) groups excluding carboxylic acids is 1. The van der Waals surface area contributed by atoms with Gasteiger partial charge in [0.2, 0.25) is 0 Å². The number of thiazole rings is 1. The number of furan rings is 1. The predicted molar refractivity (Wildman–Crippen MR) is 85.3 cm³/mol. The zero-order valence-corrected chi connectivity index (χ0v) is 13.4. The Morgan fingerprint density at radius 3 is 3.09 bits per heavy atom. The minimum absolute atomic E-state index is 0.0731. The van der Waals surface area contributed by atoms with E-state index in [0.717, 1.165) is 23.4 Å². The molecule has 1 amide bonds. The smallest absolute Gasteiger partial charge is 0.303 e. The minimum Gasteiger partial charge on any atom is -0.481 e. The Kier molecular flexibility index (Phi) is 4.76. The summed E-state index contributed by atoms with van der Waals surface area (Å²) in [5.74, 6) is -0.593. The van der Waals surface area contributed by atoms with Gasteiger partial charge < -0.3 is 14.4 Å². The number of piperidine rings is 1. The van der Waals surface area contributed by atoms with Crippen molar-refractivity contribution in [2.24, 2.45) is 5.92 Å². The van der Waals surface area contributed by atoms with E-state index in [0.29, 0.717) is 25.2 Å². The van der Waals surface area contributed by atoms with E-state index in [1.54, 1.807) is 22.8 Å². The third kappa shape index (κ3) is 3.79. The van der Waals surface area contributed by atoms with E-state index in [1.165, 1.54) is 11.3 Å². The molecule has 2 aromatic rings. The number of hydrogen-bond acceptors (Lipinski definition) is 5. The van der Waals surface area contributed by atoms with E-state index in [-0.39, 0.29) is 18.2 Å². The van der Waals surface area contributed by atoms with E-state index in [4.69, 9.17) is 9.52 Å². The molecule has 23 heavy (non-hydrogen) atoms. The molecule has 0 bridgehead atoms. The van der Waals surface area contributed by atoms with Gasteiger partial charge in [0.15, 0.2) is 0 Å². The van der Waals surface area contributed by atoms with Crippen molar-refractivity contribution in [2.75, 3.05) is 13.1 Å². The fourth-order valence-electron chi connectivity index (χ4n) is 2.87. The number of rotatable bonds is 5. The van der Waals surface area contributed by atoms with E-state index >= 15 is 0 Å². The quantitative estimate of drug-likeness (QED) is 0.908. The van der Waals surface area contributed by atoms with Crippen LogP contribution in [-0.4, -0.2) is 40.0 Å². The van der Waals surface area contributed by atoms with Crippen LogP contribution in [0, 0.1) is 5.92 Å². The average Bonchev–Trinajstić information content (AvgIpc) is 3.23. The number of carboxylic acid groups (broad SMARTS) is 1. The Morgan fingerprint density at radius 2 is 2.35 bits per heavy atom. The van der Waals surface area contributed by atoms with Gasteiger partial charge in [0, 0.05) is 30.5 Å². The molecule has 0 spiro atoms. The summed E-state index contributed by atoms with van der Waals surface area (Å²) in [6.07, 6.45) is 5.86. The lowest BCUT2D eigenvalue weighted by atomic mass is 9.93. The Bertz CT molecular complexity index is 680. The molecule has 1 N–H and O–H groups in total. The van der Waals surface area contributed by atoms with Crippen molar-refractivity contribution in [2.45, 2.75) is 25.7 Å².